The minimum atomic E-state index is 0. The number of hydrogen-bond donors (Lipinski definition) is 0. The molecular formula is C43H46Cl2SiZr-4. The van der Waals surface area contributed by atoms with Crippen LogP contribution in [-0.4, -0.2) is 6.88 Å². The fourth-order valence-electron chi connectivity index (χ4n) is 6.33. The second-order valence-corrected chi connectivity index (χ2v) is 11.8. The molecule has 0 aliphatic rings. The predicted octanol–water partition coefficient (Wildman–Crippen LogP) is 13.3. The molecule has 0 N–H and O–H groups in total. The first-order valence-corrected chi connectivity index (χ1v) is 19.2. The maximum atomic E-state index is 3.06. The topological polar surface area (TPSA) is 0 Å². The van der Waals surface area contributed by atoms with Crippen LogP contribution in [0.3, 0.4) is 0 Å². The van der Waals surface area contributed by atoms with Crippen molar-refractivity contribution < 1.29 is 23.3 Å². The van der Waals surface area contributed by atoms with Gasteiger partial charge < -0.3 is 14.9 Å². The molecule has 0 saturated heterocycles. The first kappa shape index (κ1) is 42.3. The average molecular weight is 753 g/mol. The molecular weight excluding hydrogens is 707 g/mol. The Hall–Kier alpha value is -2.74. The molecule has 0 spiro atoms. The normalized spacial score (nSPS) is 10.0. The van der Waals surface area contributed by atoms with Crippen LogP contribution in [0.4, 0.5) is 0 Å². The van der Waals surface area contributed by atoms with Crippen molar-refractivity contribution in [3.8, 4) is 22.3 Å². The maximum absolute atomic E-state index is 3.06. The molecule has 2 radical (unpaired) electrons. The van der Waals surface area contributed by atoms with Gasteiger partial charge in [-0.15, -0.1) is 93.4 Å². The molecule has 7 aromatic rings. The van der Waals surface area contributed by atoms with Gasteiger partial charge in [-0.2, -0.15) is 12.1 Å². The zero-order chi connectivity index (χ0) is 30.7. The summed E-state index contributed by atoms with van der Waals surface area (Å²) in [6.07, 6.45) is 0. The summed E-state index contributed by atoms with van der Waals surface area (Å²) in [7, 11) is 0. The van der Waals surface area contributed by atoms with Gasteiger partial charge in [-0.25, -0.2) is 0 Å². The summed E-state index contributed by atoms with van der Waals surface area (Å²) in [4.78, 5) is 0. The van der Waals surface area contributed by atoms with Crippen molar-refractivity contribution in [1.29, 1.82) is 0 Å². The summed E-state index contributed by atoms with van der Waals surface area (Å²) in [5.41, 5.74) is 12.2. The third-order valence-electron chi connectivity index (χ3n) is 8.52. The molecule has 47 heavy (non-hydrogen) atoms. The third kappa shape index (κ3) is 8.84. The van der Waals surface area contributed by atoms with E-state index in [4.69, 9.17) is 0 Å². The predicted molar refractivity (Wildman–Crippen MR) is 214 cm³/mol. The Balaban J connectivity index is 0.000000416. The molecule has 7 rings (SSSR count). The number of aryl methyl sites for hydroxylation is 4. The minimum absolute atomic E-state index is 0. The van der Waals surface area contributed by atoms with E-state index in [1.54, 1.807) is 0 Å². The van der Waals surface area contributed by atoms with Crippen LogP contribution in [0.5, 0.6) is 0 Å². The number of rotatable bonds is 3. The molecule has 0 heterocycles. The molecule has 0 fully saturated rings. The summed E-state index contributed by atoms with van der Waals surface area (Å²) >= 11 is 1.36. The second kappa shape index (κ2) is 18.7. The first-order valence-electron chi connectivity index (χ1n) is 15.0. The molecule has 0 atom stereocenters. The Bertz CT molecular complexity index is 2020. The van der Waals surface area contributed by atoms with Crippen LogP contribution in [0.15, 0.2) is 115 Å². The van der Waals surface area contributed by atoms with E-state index in [1.165, 1.54) is 106 Å². The van der Waals surface area contributed by atoms with Crippen molar-refractivity contribution in [2.24, 2.45) is 0 Å². The van der Waals surface area contributed by atoms with Crippen LogP contribution in [0.25, 0.3) is 54.6 Å². The van der Waals surface area contributed by atoms with Crippen molar-refractivity contribution in [1.82, 2.24) is 0 Å². The fourth-order valence-corrected chi connectivity index (χ4v) is 6.33. The van der Waals surface area contributed by atoms with Gasteiger partial charge in [0.15, 0.2) is 0 Å². The van der Waals surface area contributed by atoms with Gasteiger partial charge in [0.25, 0.3) is 0 Å². The third-order valence-corrected chi connectivity index (χ3v) is 8.52. The Morgan fingerprint density at radius 2 is 1.13 bits per heavy atom. The standard InChI is InChI=1S/C22H19.C19H19.2CH3.2ClH.Si.Zr/c1-15(2)18-13-17-9-6-12-21(22(17)14-18)20-11-5-8-16-7-3-4-10-19(16)20;1-12-10-17-13(2)8-9-16(18(17)11-12)19-14(3)6-5-7-15(19)4;;;;;;/h3-15H,1-2H3;5-11H,1-4H3;2*1H3;2*1H;;/q4*-1;;;;. The van der Waals surface area contributed by atoms with Crippen molar-refractivity contribution in [3.05, 3.63) is 158 Å². The zero-order valence-electron chi connectivity index (χ0n) is 28.9. The SMILES string of the molecule is CC(C)c1cc2c(-c3cccc4ccccc34)cccc2[cH-]1.Cc1cc2c(-c3c(C)cccc3C)ccc(C)c2[cH-]1.Cl.Cl.[CH3-].[CH3-].[Si]=[Zr]. The van der Waals surface area contributed by atoms with Crippen LogP contribution < -0.4 is 0 Å². The monoisotopic (exact) mass is 750 g/mol. The molecule has 0 amide bonds. The van der Waals surface area contributed by atoms with Gasteiger partial charge in [0.05, 0.1) is 0 Å². The van der Waals surface area contributed by atoms with Crippen LogP contribution >= 0.6 is 24.8 Å². The molecule has 0 bridgehead atoms. The summed E-state index contributed by atoms with van der Waals surface area (Å²) in [6, 6.07) is 42.2. The first-order chi connectivity index (χ1) is 20.8. The van der Waals surface area contributed by atoms with E-state index in [0.29, 0.717) is 5.92 Å². The van der Waals surface area contributed by atoms with Crippen molar-refractivity contribution in [3.63, 3.8) is 0 Å². The van der Waals surface area contributed by atoms with Crippen LogP contribution in [0.1, 0.15) is 47.6 Å². The Morgan fingerprint density at radius 1 is 0.553 bits per heavy atom. The van der Waals surface area contributed by atoms with Gasteiger partial charge in [0.2, 0.25) is 0 Å². The fraction of sp³-hybridized carbons (Fsp3) is 0.163. The van der Waals surface area contributed by atoms with Gasteiger partial charge in [0.1, 0.15) is 0 Å². The van der Waals surface area contributed by atoms with Gasteiger partial charge in [-0.3, -0.25) is 0 Å². The van der Waals surface area contributed by atoms with E-state index in [-0.39, 0.29) is 39.7 Å². The van der Waals surface area contributed by atoms with E-state index in [2.05, 4.69) is 164 Å². The molecule has 0 aliphatic carbocycles. The second-order valence-electron chi connectivity index (χ2n) is 11.8. The van der Waals surface area contributed by atoms with Crippen molar-refractivity contribution in [2.45, 2.75) is 47.5 Å². The van der Waals surface area contributed by atoms with Crippen molar-refractivity contribution in [2.75, 3.05) is 0 Å². The molecule has 0 saturated carbocycles. The molecule has 0 aliphatic heterocycles. The quantitative estimate of drug-likeness (QED) is 0.125. The van der Waals surface area contributed by atoms with Crippen LogP contribution in [0, 0.1) is 42.5 Å². The van der Waals surface area contributed by atoms with Gasteiger partial charge in [0, 0.05) is 0 Å². The molecule has 244 valence electrons. The summed E-state index contributed by atoms with van der Waals surface area (Å²) in [6.45, 7) is 16.3. The number of fused-ring (bicyclic) bond motifs is 3. The molecule has 0 nitrogen and oxygen atoms in total. The number of halogens is 2. The number of benzene rings is 5. The van der Waals surface area contributed by atoms with Crippen LogP contribution in [-0.2, 0) is 23.3 Å². The zero-order valence-corrected chi connectivity index (χ0v) is 34.0. The number of hydrogen-bond acceptors (Lipinski definition) is 0. The van der Waals surface area contributed by atoms with Crippen molar-refractivity contribution >= 4 is 64.0 Å². The average Bonchev–Trinajstić information content (AvgIpc) is 3.64. The molecule has 0 aromatic heterocycles. The van der Waals surface area contributed by atoms with E-state index >= 15 is 0 Å². The van der Waals surface area contributed by atoms with E-state index in [0.717, 1.165) is 0 Å². The molecule has 4 heteroatoms. The molecule has 7 aromatic carbocycles. The van der Waals surface area contributed by atoms with Gasteiger partial charge >= 0.3 is 30.2 Å². The van der Waals surface area contributed by atoms with E-state index < -0.39 is 0 Å². The van der Waals surface area contributed by atoms with Gasteiger partial charge in [-0.05, 0) is 52.8 Å². The Kier molecular flexibility index (Phi) is 16.8. The van der Waals surface area contributed by atoms with E-state index in [9.17, 15) is 0 Å². The summed E-state index contributed by atoms with van der Waals surface area (Å²) in [5.74, 6) is 0.563. The van der Waals surface area contributed by atoms with Gasteiger partial charge in [-0.1, -0.05) is 112 Å². The van der Waals surface area contributed by atoms with Crippen LogP contribution in [0.2, 0.25) is 0 Å². The molecule has 0 unspecified atom stereocenters. The van der Waals surface area contributed by atoms with E-state index in [1.807, 2.05) is 0 Å². The summed E-state index contributed by atoms with van der Waals surface area (Å²) < 4.78 is 0. The summed E-state index contributed by atoms with van der Waals surface area (Å²) in [5, 5.41) is 8.10. The Labute approximate surface area is 312 Å². The Morgan fingerprint density at radius 3 is 1.79 bits per heavy atom.